The number of nitrogens with zero attached hydrogens (tertiary/aromatic N) is 1. The summed E-state index contributed by atoms with van der Waals surface area (Å²) in [6.07, 6.45) is 5.88. The van der Waals surface area contributed by atoms with Gasteiger partial charge in [-0.05, 0) is 61.3 Å². The Kier molecular flexibility index (Phi) is 4.19. The quantitative estimate of drug-likeness (QED) is 0.928. The van der Waals surface area contributed by atoms with Gasteiger partial charge in [-0.1, -0.05) is 6.42 Å². The summed E-state index contributed by atoms with van der Waals surface area (Å²) in [7, 11) is 3.46. The molecule has 3 rings (SSSR count). The number of hydrogen-bond acceptors (Lipinski definition) is 2. The van der Waals surface area contributed by atoms with Crippen molar-refractivity contribution in [2.45, 2.75) is 32.1 Å². The van der Waals surface area contributed by atoms with E-state index in [0.717, 1.165) is 17.5 Å². The monoisotopic (exact) mass is 300 g/mol. The maximum Gasteiger partial charge on any atom is 0.253 e. The van der Waals surface area contributed by atoms with E-state index in [1.165, 1.54) is 25.7 Å². The molecule has 0 aliphatic heterocycles. The highest BCUT2D eigenvalue weighted by Gasteiger charge is 2.40. The first-order valence-corrected chi connectivity index (χ1v) is 8.14. The zero-order chi connectivity index (χ0) is 15.7. The number of anilines is 1. The summed E-state index contributed by atoms with van der Waals surface area (Å²) in [4.78, 5) is 25.5. The molecule has 0 spiro atoms. The van der Waals surface area contributed by atoms with Gasteiger partial charge in [0.05, 0.1) is 0 Å². The minimum Gasteiger partial charge on any atom is -0.345 e. The third-order valence-corrected chi connectivity index (χ3v) is 5.15. The molecule has 2 saturated carbocycles. The molecule has 0 saturated heterocycles. The van der Waals surface area contributed by atoms with Gasteiger partial charge in [0.25, 0.3) is 5.91 Å². The largest absolute Gasteiger partial charge is 0.345 e. The Balaban J connectivity index is 1.54. The van der Waals surface area contributed by atoms with E-state index in [1.807, 2.05) is 0 Å². The van der Waals surface area contributed by atoms with Gasteiger partial charge in [0.15, 0.2) is 0 Å². The molecule has 2 fully saturated rings. The van der Waals surface area contributed by atoms with E-state index in [0.29, 0.717) is 17.9 Å². The third-order valence-electron chi connectivity index (χ3n) is 5.15. The zero-order valence-electron chi connectivity index (χ0n) is 13.3. The Bertz CT molecular complexity index is 565. The van der Waals surface area contributed by atoms with Crippen LogP contribution in [-0.2, 0) is 4.79 Å². The van der Waals surface area contributed by atoms with Crippen molar-refractivity contribution in [2.75, 3.05) is 19.4 Å². The number of amides is 2. The minimum atomic E-state index is -0.0279. The molecule has 2 aliphatic carbocycles. The normalized spacial score (nSPS) is 26.0. The molecule has 4 heteroatoms. The van der Waals surface area contributed by atoms with Crippen molar-refractivity contribution < 1.29 is 9.59 Å². The molecule has 1 aromatic carbocycles. The van der Waals surface area contributed by atoms with Gasteiger partial charge in [-0.15, -0.1) is 0 Å². The molecule has 0 heterocycles. The van der Waals surface area contributed by atoms with Crippen molar-refractivity contribution in [1.82, 2.24) is 4.90 Å². The summed E-state index contributed by atoms with van der Waals surface area (Å²) in [5.74, 6) is 2.30. The standard InChI is InChI=1S/C18H24N2O2/c1-20(2)18(22)13-5-7-16(8-6-13)19-17(21)11-15-10-12-3-4-14(15)9-12/h5-8,12,14-15H,3-4,9-11H2,1-2H3,(H,19,21)/t12-,14-,15-/m1/s1. The van der Waals surface area contributed by atoms with E-state index in [2.05, 4.69) is 5.32 Å². The van der Waals surface area contributed by atoms with E-state index in [9.17, 15) is 9.59 Å². The van der Waals surface area contributed by atoms with Gasteiger partial charge in [0.1, 0.15) is 0 Å². The predicted molar refractivity (Wildman–Crippen MR) is 86.6 cm³/mol. The highest BCUT2D eigenvalue weighted by atomic mass is 16.2. The van der Waals surface area contributed by atoms with Crippen LogP contribution >= 0.6 is 0 Å². The molecule has 0 radical (unpaired) electrons. The second-order valence-corrected chi connectivity index (χ2v) is 6.96. The van der Waals surface area contributed by atoms with Crippen molar-refractivity contribution in [3.63, 3.8) is 0 Å². The lowest BCUT2D eigenvalue weighted by atomic mass is 9.86. The van der Waals surface area contributed by atoms with Crippen LogP contribution in [0.1, 0.15) is 42.5 Å². The summed E-state index contributed by atoms with van der Waals surface area (Å²) in [5.41, 5.74) is 1.40. The molecule has 22 heavy (non-hydrogen) atoms. The Morgan fingerprint density at radius 3 is 2.41 bits per heavy atom. The Morgan fingerprint density at radius 2 is 1.86 bits per heavy atom. The molecule has 0 unspecified atom stereocenters. The number of hydrogen-bond donors (Lipinski definition) is 1. The van der Waals surface area contributed by atoms with Crippen LogP contribution in [0.4, 0.5) is 5.69 Å². The Hall–Kier alpha value is -1.84. The Labute approximate surface area is 131 Å². The third kappa shape index (κ3) is 3.16. The van der Waals surface area contributed by atoms with Crippen molar-refractivity contribution in [2.24, 2.45) is 17.8 Å². The van der Waals surface area contributed by atoms with Gasteiger partial charge in [-0.3, -0.25) is 9.59 Å². The van der Waals surface area contributed by atoms with Gasteiger partial charge in [-0.25, -0.2) is 0 Å². The molecular formula is C18H24N2O2. The van der Waals surface area contributed by atoms with Crippen molar-refractivity contribution >= 4 is 17.5 Å². The molecule has 3 atom stereocenters. The van der Waals surface area contributed by atoms with Gasteiger partial charge in [0, 0.05) is 31.8 Å². The van der Waals surface area contributed by atoms with E-state index < -0.39 is 0 Å². The highest BCUT2D eigenvalue weighted by Crippen LogP contribution is 2.49. The molecule has 4 nitrogen and oxygen atoms in total. The van der Waals surface area contributed by atoms with Gasteiger partial charge in [0.2, 0.25) is 5.91 Å². The fraction of sp³-hybridized carbons (Fsp3) is 0.556. The summed E-state index contributed by atoms with van der Waals surface area (Å²) in [6, 6.07) is 7.12. The summed E-state index contributed by atoms with van der Waals surface area (Å²) in [6.45, 7) is 0. The van der Waals surface area contributed by atoms with Gasteiger partial charge >= 0.3 is 0 Å². The second kappa shape index (κ2) is 6.11. The zero-order valence-corrected chi connectivity index (χ0v) is 13.3. The summed E-state index contributed by atoms with van der Waals surface area (Å²) in [5, 5.41) is 2.96. The Morgan fingerprint density at radius 1 is 1.14 bits per heavy atom. The number of carbonyl (C=O) groups excluding carboxylic acids is 2. The van der Waals surface area contributed by atoms with Gasteiger partial charge in [-0.2, -0.15) is 0 Å². The summed E-state index contributed by atoms with van der Waals surface area (Å²) < 4.78 is 0. The molecule has 118 valence electrons. The number of benzene rings is 1. The lowest BCUT2D eigenvalue weighted by Crippen LogP contribution is -2.22. The topological polar surface area (TPSA) is 49.4 Å². The second-order valence-electron chi connectivity index (χ2n) is 6.96. The smallest absolute Gasteiger partial charge is 0.253 e. The van der Waals surface area contributed by atoms with E-state index >= 15 is 0 Å². The van der Waals surface area contributed by atoms with E-state index in [4.69, 9.17) is 0 Å². The molecular weight excluding hydrogens is 276 g/mol. The highest BCUT2D eigenvalue weighted by molar-refractivity contribution is 5.95. The average Bonchev–Trinajstić information content (AvgIpc) is 3.09. The number of rotatable bonds is 4. The maximum absolute atomic E-state index is 12.2. The molecule has 1 aromatic rings. The predicted octanol–water partition coefficient (Wildman–Crippen LogP) is 3.15. The summed E-state index contributed by atoms with van der Waals surface area (Å²) >= 11 is 0. The van der Waals surface area contributed by atoms with E-state index in [1.54, 1.807) is 43.3 Å². The SMILES string of the molecule is CN(C)C(=O)c1ccc(NC(=O)C[C@H]2C[C@@H]3CC[C@@H]2C3)cc1. The maximum atomic E-state index is 12.2. The lowest BCUT2D eigenvalue weighted by molar-refractivity contribution is -0.117. The van der Waals surface area contributed by atoms with Crippen LogP contribution in [0.3, 0.4) is 0 Å². The fourth-order valence-electron chi connectivity index (χ4n) is 4.03. The molecule has 0 aromatic heterocycles. The van der Waals surface area contributed by atoms with Crippen molar-refractivity contribution in [3.05, 3.63) is 29.8 Å². The van der Waals surface area contributed by atoms with Crippen LogP contribution in [0.15, 0.2) is 24.3 Å². The first kappa shape index (κ1) is 15.1. The van der Waals surface area contributed by atoms with Gasteiger partial charge < -0.3 is 10.2 Å². The molecule has 2 bridgehead atoms. The lowest BCUT2D eigenvalue weighted by Gasteiger charge is -2.20. The minimum absolute atomic E-state index is 0.0279. The van der Waals surface area contributed by atoms with Crippen LogP contribution in [0, 0.1) is 17.8 Å². The average molecular weight is 300 g/mol. The van der Waals surface area contributed by atoms with Crippen LogP contribution in [-0.4, -0.2) is 30.8 Å². The molecule has 2 amide bonds. The van der Waals surface area contributed by atoms with Crippen LogP contribution in [0.2, 0.25) is 0 Å². The van der Waals surface area contributed by atoms with Crippen LogP contribution in [0.5, 0.6) is 0 Å². The number of fused-ring (bicyclic) bond motifs is 2. The first-order chi connectivity index (χ1) is 10.5. The number of carbonyl (C=O) groups is 2. The van der Waals surface area contributed by atoms with E-state index in [-0.39, 0.29) is 11.8 Å². The van der Waals surface area contributed by atoms with Crippen LogP contribution < -0.4 is 5.32 Å². The first-order valence-electron chi connectivity index (χ1n) is 8.14. The van der Waals surface area contributed by atoms with Crippen LogP contribution in [0.25, 0.3) is 0 Å². The fourth-order valence-corrected chi connectivity index (χ4v) is 4.03. The number of nitrogens with one attached hydrogen (secondary N) is 1. The van der Waals surface area contributed by atoms with Crippen molar-refractivity contribution in [1.29, 1.82) is 0 Å². The van der Waals surface area contributed by atoms with Crippen molar-refractivity contribution in [3.8, 4) is 0 Å². The molecule has 1 N–H and O–H groups in total. The molecule has 2 aliphatic rings.